The molecule has 2 atom stereocenters. The van der Waals surface area contributed by atoms with Gasteiger partial charge in [-0.3, -0.25) is 14.2 Å². The highest BCUT2D eigenvalue weighted by atomic mass is 16.2. The van der Waals surface area contributed by atoms with E-state index in [1.54, 1.807) is 24.5 Å². The number of hydrogen-bond acceptors (Lipinski definition) is 4. The zero-order valence-electron chi connectivity index (χ0n) is 15.0. The summed E-state index contributed by atoms with van der Waals surface area (Å²) < 4.78 is 2.17. The van der Waals surface area contributed by atoms with Crippen LogP contribution in [0.3, 0.4) is 0 Å². The zero-order valence-corrected chi connectivity index (χ0v) is 15.0. The third-order valence-electron chi connectivity index (χ3n) is 5.59. The van der Waals surface area contributed by atoms with Gasteiger partial charge in [-0.2, -0.15) is 0 Å². The molecule has 27 heavy (non-hydrogen) atoms. The number of likely N-dealkylation sites (tertiary alicyclic amines) is 1. The van der Waals surface area contributed by atoms with Crippen LogP contribution in [0.4, 0.5) is 0 Å². The Hall–Kier alpha value is -3.22. The second-order valence-corrected chi connectivity index (χ2v) is 7.21. The van der Waals surface area contributed by atoms with Crippen molar-refractivity contribution < 1.29 is 4.79 Å². The molecule has 1 saturated heterocycles. The van der Waals surface area contributed by atoms with Crippen LogP contribution in [0, 0.1) is 5.92 Å². The number of carbonyl (C=O) groups excluding carboxylic acids is 1. The Morgan fingerprint density at radius 1 is 1.19 bits per heavy atom. The number of aromatic nitrogens is 5. The summed E-state index contributed by atoms with van der Waals surface area (Å²) in [6.07, 6.45) is 9.88. The first-order valence-corrected chi connectivity index (χ1v) is 9.21. The number of pyridine rings is 1. The lowest BCUT2D eigenvalue weighted by Gasteiger charge is -2.36. The van der Waals surface area contributed by atoms with Crippen LogP contribution in [-0.4, -0.2) is 48.2 Å². The number of carbonyl (C=O) groups is 1. The SMILES string of the molecule is C[C@@H]1CCN(C(=O)c2ccncc2)C[C@@H]1c1ncc2cnc3[nH]ccc3n12. The van der Waals surface area contributed by atoms with Crippen molar-refractivity contribution in [3.05, 3.63) is 60.6 Å². The van der Waals surface area contributed by atoms with Gasteiger partial charge in [-0.05, 0) is 30.5 Å². The van der Waals surface area contributed by atoms with Gasteiger partial charge in [0.15, 0.2) is 5.65 Å². The molecular weight excluding hydrogens is 340 g/mol. The van der Waals surface area contributed by atoms with Gasteiger partial charge in [0.25, 0.3) is 5.91 Å². The number of aromatic amines is 1. The van der Waals surface area contributed by atoms with Gasteiger partial charge < -0.3 is 9.88 Å². The van der Waals surface area contributed by atoms with Crippen LogP contribution in [0.25, 0.3) is 16.7 Å². The molecule has 0 aromatic carbocycles. The van der Waals surface area contributed by atoms with Crippen LogP contribution < -0.4 is 0 Å². The molecule has 1 aliphatic heterocycles. The van der Waals surface area contributed by atoms with Gasteiger partial charge in [0.05, 0.1) is 23.4 Å². The van der Waals surface area contributed by atoms with Crippen LogP contribution >= 0.6 is 0 Å². The van der Waals surface area contributed by atoms with Gasteiger partial charge in [-0.1, -0.05) is 6.92 Å². The standard InChI is InChI=1S/C20H20N6O/c1-13-5-9-25(20(27)14-2-6-21-7-3-14)12-16(13)19-24-11-15-10-23-18-17(26(15)19)4-8-22-18/h2-4,6-8,10-11,13,16,22H,5,9,12H2,1H3/t13-,16+/m1/s1. The van der Waals surface area contributed by atoms with E-state index in [0.29, 0.717) is 18.0 Å². The van der Waals surface area contributed by atoms with Crippen molar-refractivity contribution >= 4 is 22.6 Å². The quantitative estimate of drug-likeness (QED) is 0.596. The van der Waals surface area contributed by atoms with Crippen molar-refractivity contribution in [2.24, 2.45) is 5.92 Å². The summed E-state index contributed by atoms with van der Waals surface area (Å²) in [5.41, 5.74) is 3.52. The third kappa shape index (κ3) is 2.58. The molecule has 5 heterocycles. The monoisotopic (exact) mass is 360 g/mol. The average molecular weight is 360 g/mol. The number of imidazole rings is 1. The van der Waals surface area contributed by atoms with Gasteiger partial charge in [-0.15, -0.1) is 0 Å². The lowest BCUT2D eigenvalue weighted by Crippen LogP contribution is -2.42. The van der Waals surface area contributed by atoms with E-state index in [1.165, 1.54) is 0 Å². The number of nitrogens with one attached hydrogen (secondary N) is 1. The molecule has 0 saturated carbocycles. The molecule has 0 spiro atoms. The molecule has 1 N–H and O–H groups in total. The zero-order chi connectivity index (χ0) is 18.4. The maximum absolute atomic E-state index is 12.9. The predicted octanol–water partition coefficient (Wildman–Crippen LogP) is 2.87. The van der Waals surface area contributed by atoms with Crippen LogP contribution in [0.2, 0.25) is 0 Å². The fraction of sp³-hybridized carbons (Fsp3) is 0.300. The number of nitrogens with zero attached hydrogens (tertiary/aromatic N) is 5. The summed E-state index contributed by atoms with van der Waals surface area (Å²) in [5, 5.41) is 0. The average Bonchev–Trinajstić information content (AvgIpc) is 3.35. The van der Waals surface area contributed by atoms with E-state index >= 15 is 0 Å². The number of rotatable bonds is 2. The van der Waals surface area contributed by atoms with Crippen LogP contribution in [0.15, 0.2) is 49.2 Å². The highest BCUT2D eigenvalue weighted by Gasteiger charge is 2.33. The first-order chi connectivity index (χ1) is 13.2. The largest absolute Gasteiger partial charge is 0.345 e. The molecule has 7 heteroatoms. The first kappa shape index (κ1) is 16.0. The van der Waals surface area contributed by atoms with E-state index in [-0.39, 0.29) is 11.8 Å². The van der Waals surface area contributed by atoms with Crippen LogP contribution in [0.1, 0.15) is 35.4 Å². The molecule has 0 unspecified atom stereocenters. The highest BCUT2D eigenvalue weighted by Crippen LogP contribution is 2.33. The number of hydrogen-bond donors (Lipinski definition) is 1. The van der Waals surface area contributed by atoms with Gasteiger partial charge in [0, 0.05) is 43.2 Å². The van der Waals surface area contributed by atoms with Crippen molar-refractivity contribution in [3.8, 4) is 0 Å². The van der Waals surface area contributed by atoms with Gasteiger partial charge >= 0.3 is 0 Å². The Balaban J connectivity index is 1.53. The Morgan fingerprint density at radius 3 is 2.85 bits per heavy atom. The molecule has 136 valence electrons. The van der Waals surface area contributed by atoms with E-state index < -0.39 is 0 Å². The molecule has 4 aromatic heterocycles. The van der Waals surface area contributed by atoms with Crippen molar-refractivity contribution in [1.82, 2.24) is 29.2 Å². The van der Waals surface area contributed by atoms with E-state index in [2.05, 4.69) is 26.3 Å². The highest BCUT2D eigenvalue weighted by molar-refractivity contribution is 5.94. The number of H-pyrrole nitrogens is 1. The van der Waals surface area contributed by atoms with Crippen LogP contribution in [-0.2, 0) is 0 Å². The molecule has 5 rings (SSSR count). The summed E-state index contributed by atoms with van der Waals surface area (Å²) in [6.45, 7) is 3.68. The Morgan fingerprint density at radius 2 is 2.00 bits per heavy atom. The third-order valence-corrected chi connectivity index (χ3v) is 5.59. The molecule has 7 nitrogen and oxygen atoms in total. The summed E-state index contributed by atoms with van der Waals surface area (Å²) >= 11 is 0. The minimum absolute atomic E-state index is 0.0589. The Bertz CT molecular complexity index is 1120. The molecule has 0 bridgehead atoms. The molecule has 1 amide bonds. The van der Waals surface area contributed by atoms with Gasteiger partial charge in [0.2, 0.25) is 0 Å². The van der Waals surface area contributed by atoms with Crippen molar-refractivity contribution in [2.75, 3.05) is 13.1 Å². The molecular formula is C20H20N6O. The summed E-state index contributed by atoms with van der Waals surface area (Å²) in [7, 11) is 0. The van der Waals surface area contributed by atoms with E-state index in [4.69, 9.17) is 4.98 Å². The number of fused-ring (bicyclic) bond motifs is 3. The molecule has 0 radical (unpaired) electrons. The topological polar surface area (TPSA) is 79.2 Å². The summed E-state index contributed by atoms with van der Waals surface area (Å²) in [5.74, 6) is 1.67. The second kappa shape index (κ2) is 6.19. The number of amides is 1. The van der Waals surface area contributed by atoms with Gasteiger partial charge in [-0.25, -0.2) is 9.97 Å². The molecule has 1 aliphatic rings. The predicted molar refractivity (Wildman–Crippen MR) is 102 cm³/mol. The van der Waals surface area contributed by atoms with Crippen molar-refractivity contribution in [1.29, 1.82) is 0 Å². The minimum Gasteiger partial charge on any atom is -0.345 e. The van der Waals surface area contributed by atoms with E-state index in [1.807, 2.05) is 29.6 Å². The maximum atomic E-state index is 12.9. The van der Waals surface area contributed by atoms with Crippen molar-refractivity contribution in [2.45, 2.75) is 19.3 Å². The molecule has 0 aliphatic carbocycles. The lowest BCUT2D eigenvalue weighted by atomic mass is 9.86. The summed E-state index contributed by atoms with van der Waals surface area (Å²) in [4.78, 5) is 31.2. The van der Waals surface area contributed by atoms with Gasteiger partial charge in [0.1, 0.15) is 5.82 Å². The fourth-order valence-electron chi connectivity index (χ4n) is 4.03. The van der Waals surface area contributed by atoms with Crippen molar-refractivity contribution in [3.63, 3.8) is 0 Å². The summed E-state index contributed by atoms with van der Waals surface area (Å²) in [6, 6.07) is 5.57. The smallest absolute Gasteiger partial charge is 0.253 e. The van der Waals surface area contributed by atoms with E-state index in [0.717, 1.165) is 35.5 Å². The van der Waals surface area contributed by atoms with Crippen LogP contribution in [0.5, 0.6) is 0 Å². The Kier molecular flexibility index (Phi) is 3.67. The number of piperidine rings is 1. The molecule has 1 fully saturated rings. The second-order valence-electron chi connectivity index (χ2n) is 7.21. The maximum Gasteiger partial charge on any atom is 0.253 e. The fourth-order valence-corrected chi connectivity index (χ4v) is 4.03. The minimum atomic E-state index is 0.0589. The first-order valence-electron chi connectivity index (χ1n) is 9.21. The van der Waals surface area contributed by atoms with E-state index in [9.17, 15) is 4.79 Å². The normalized spacial score (nSPS) is 20.4. The Labute approximate surface area is 156 Å². The molecule has 4 aromatic rings. The lowest BCUT2D eigenvalue weighted by molar-refractivity contribution is 0.0665.